The first-order valence-corrected chi connectivity index (χ1v) is 7.88. The van der Waals surface area contributed by atoms with Crippen LogP contribution >= 0.6 is 23.2 Å². The molecule has 0 bridgehead atoms. The Kier molecular flexibility index (Phi) is 4.51. The highest BCUT2D eigenvalue weighted by Crippen LogP contribution is 2.30. The van der Waals surface area contributed by atoms with E-state index in [0.717, 1.165) is 16.5 Å². The van der Waals surface area contributed by atoms with Crippen molar-refractivity contribution in [3.05, 3.63) is 64.1 Å². The van der Waals surface area contributed by atoms with Crippen LogP contribution in [0.5, 0.6) is 0 Å². The van der Waals surface area contributed by atoms with Crippen molar-refractivity contribution in [2.45, 2.75) is 6.92 Å². The second-order valence-corrected chi connectivity index (χ2v) is 5.74. The molecule has 5 heteroatoms. The Morgan fingerprint density at radius 1 is 1.09 bits per heavy atom. The van der Waals surface area contributed by atoms with Gasteiger partial charge in [-0.3, -0.25) is 0 Å². The van der Waals surface area contributed by atoms with Gasteiger partial charge in [-0.2, -0.15) is 0 Å². The van der Waals surface area contributed by atoms with Crippen LogP contribution in [-0.2, 0) is 4.74 Å². The maximum absolute atomic E-state index is 12.3. The number of benzene rings is 2. The highest BCUT2D eigenvalue weighted by Gasteiger charge is 2.15. The highest BCUT2D eigenvalue weighted by molar-refractivity contribution is 6.42. The van der Waals surface area contributed by atoms with Gasteiger partial charge in [0, 0.05) is 10.9 Å². The standard InChI is InChI=1S/C18H13Cl2NO2/c1-2-23-18(22)13-10-17(11-7-8-14(19)15(20)9-11)21-16-6-4-3-5-12(13)16/h3-10H,2H2,1H3. The number of carbonyl (C=O) groups is 1. The Balaban J connectivity index is 2.21. The highest BCUT2D eigenvalue weighted by atomic mass is 35.5. The summed E-state index contributed by atoms with van der Waals surface area (Å²) in [7, 11) is 0. The van der Waals surface area contributed by atoms with Gasteiger partial charge >= 0.3 is 5.97 Å². The first-order chi connectivity index (χ1) is 11.1. The van der Waals surface area contributed by atoms with Crippen LogP contribution in [0, 0.1) is 0 Å². The quantitative estimate of drug-likeness (QED) is 0.597. The molecule has 0 radical (unpaired) electrons. The normalized spacial score (nSPS) is 10.7. The van der Waals surface area contributed by atoms with E-state index in [4.69, 9.17) is 27.9 Å². The Morgan fingerprint density at radius 3 is 2.61 bits per heavy atom. The number of halogens is 2. The summed E-state index contributed by atoms with van der Waals surface area (Å²) in [4.78, 5) is 16.9. The van der Waals surface area contributed by atoms with Gasteiger partial charge in [0.05, 0.1) is 33.4 Å². The molecule has 0 saturated carbocycles. The van der Waals surface area contributed by atoms with Crippen molar-refractivity contribution in [3.63, 3.8) is 0 Å². The molecule has 0 atom stereocenters. The fourth-order valence-corrected chi connectivity index (χ4v) is 2.65. The van der Waals surface area contributed by atoms with E-state index in [9.17, 15) is 4.79 Å². The third kappa shape index (κ3) is 3.16. The molecule has 0 fully saturated rings. The summed E-state index contributed by atoms with van der Waals surface area (Å²) in [6.45, 7) is 2.10. The molecule has 0 aliphatic carbocycles. The number of carbonyl (C=O) groups excluding carboxylic acids is 1. The molecular formula is C18H13Cl2NO2. The summed E-state index contributed by atoms with van der Waals surface area (Å²) >= 11 is 12.0. The van der Waals surface area contributed by atoms with Crippen molar-refractivity contribution >= 4 is 40.1 Å². The third-order valence-electron chi connectivity index (χ3n) is 3.43. The summed E-state index contributed by atoms with van der Waals surface area (Å²) < 4.78 is 5.16. The average Bonchev–Trinajstić information content (AvgIpc) is 2.56. The monoisotopic (exact) mass is 345 g/mol. The predicted molar refractivity (Wildman–Crippen MR) is 93.2 cm³/mol. The van der Waals surface area contributed by atoms with E-state index in [0.29, 0.717) is 27.9 Å². The van der Waals surface area contributed by atoms with E-state index in [1.807, 2.05) is 30.3 Å². The maximum atomic E-state index is 12.3. The molecule has 2 aromatic carbocycles. The minimum Gasteiger partial charge on any atom is -0.462 e. The van der Waals surface area contributed by atoms with E-state index < -0.39 is 0 Å². The van der Waals surface area contributed by atoms with Crippen LogP contribution in [0.1, 0.15) is 17.3 Å². The zero-order valence-corrected chi connectivity index (χ0v) is 13.9. The van der Waals surface area contributed by atoms with Crippen molar-refractivity contribution in [3.8, 4) is 11.3 Å². The molecule has 0 aliphatic rings. The molecule has 3 nitrogen and oxygen atoms in total. The van der Waals surface area contributed by atoms with Gasteiger partial charge in [0.1, 0.15) is 0 Å². The summed E-state index contributed by atoms with van der Waals surface area (Å²) in [5, 5.41) is 1.67. The lowest BCUT2D eigenvalue weighted by Gasteiger charge is -2.10. The number of fused-ring (bicyclic) bond motifs is 1. The zero-order chi connectivity index (χ0) is 16.4. The molecule has 0 N–H and O–H groups in total. The molecule has 0 saturated heterocycles. The van der Waals surface area contributed by atoms with Gasteiger partial charge in [0.15, 0.2) is 0 Å². The Hall–Kier alpha value is -2.10. The van der Waals surface area contributed by atoms with Gasteiger partial charge in [-0.05, 0) is 31.2 Å². The fraction of sp³-hybridized carbons (Fsp3) is 0.111. The summed E-state index contributed by atoms with van der Waals surface area (Å²) in [6.07, 6.45) is 0. The van der Waals surface area contributed by atoms with E-state index in [1.165, 1.54) is 0 Å². The minimum absolute atomic E-state index is 0.317. The van der Waals surface area contributed by atoms with Crippen LogP contribution in [-0.4, -0.2) is 17.6 Å². The second-order valence-electron chi connectivity index (χ2n) is 4.92. The van der Waals surface area contributed by atoms with Crippen molar-refractivity contribution in [1.29, 1.82) is 0 Å². The van der Waals surface area contributed by atoms with Crippen LogP contribution in [0.2, 0.25) is 10.0 Å². The number of para-hydroxylation sites is 1. The lowest BCUT2D eigenvalue weighted by Crippen LogP contribution is -2.06. The number of pyridine rings is 1. The molecule has 1 heterocycles. The molecule has 3 aromatic rings. The van der Waals surface area contributed by atoms with Gasteiger partial charge in [-0.25, -0.2) is 9.78 Å². The largest absolute Gasteiger partial charge is 0.462 e. The van der Waals surface area contributed by atoms with Gasteiger partial charge in [-0.15, -0.1) is 0 Å². The van der Waals surface area contributed by atoms with E-state index in [1.54, 1.807) is 25.1 Å². The Bertz CT molecular complexity index is 893. The van der Waals surface area contributed by atoms with Crippen molar-refractivity contribution in [2.75, 3.05) is 6.61 Å². The molecule has 23 heavy (non-hydrogen) atoms. The number of hydrogen-bond donors (Lipinski definition) is 0. The van der Waals surface area contributed by atoms with Crippen LogP contribution in [0.3, 0.4) is 0 Å². The smallest absolute Gasteiger partial charge is 0.338 e. The molecule has 1 aromatic heterocycles. The lowest BCUT2D eigenvalue weighted by atomic mass is 10.0. The van der Waals surface area contributed by atoms with Crippen molar-refractivity contribution in [2.24, 2.45) is 0 Å². The Morgan fingerprint density at radius 2 is 1.87 bits per heavy atom. The summed E-state index contributed by atoms with van der Waals surface area (Å²) in [5.74, 6) is -0.368. The number of hydrogen-bond acceptors (Lipinski definition) is 3. The second kappa shape index (κ2) is 6.57. The number of ether oxygens (including phenoxy) is 1. The average molecular weight is 346 g/mol. The first kappa shape index (κ1) is 15.8. The van der Waals surface area contributed by atoms with Crippen LogP contribution in [0.25, 0.3) is 22.2 Å². The minimum atomic E-state index is -0.368. The molecule has 3 rings (SSSR count). The van der Waals surface area contributed by atoms with Crippen molar-refractivity contribution in [1.82, 2.24) is 4.98 Å². The summed E-state index contributed by atoms with van der Waals surface area (Å²) in [5.41, 5.74) is 2.64. The molecule has 0 amide bonds. The molecule has 0 aliphatic heterocycles. The molecule has 0 unspecified atom stereocenters. The molecule has 116 valence electrons. The van der Waals surface area contributed by atoms with Gasteiger partial charge < -0.3 is 4.74 Å². The fourth-order valence-electron chi connectivity index (χ4n) is 2.36. The number of nitrogens with zero attached hydrogens (tertiary/aromatic N) is 1. The summed E-state index contributed by atoms with van der Waals surface area (Å²) in [6, 6.07) is 14.4. The number of rotatable bonds is 3. The van der Waals surface area contributed by atoms with E-state index in [2.05, 4.69) is 4.98 Å². The number of aromatic nitrogens is 1. The van der Waals surface area contributed by atoms with E-state index in [-0.39, 0.29) is 5.97 Å². The zero-order valence-electron chi connectivity index (χ0n) is 12.3. The number of esters is 1. The van der Waals surface area contributed by atoms with Crippen LogP contribution in [0.15, 0.2) is 48.5 Å². The Labute approximate surface area is 143 Å². The van der Waals surface area contributed by atoms with Crippen LogP contribution in [0.4, 0.5) is 0 Å². The topological polar surface area (TPSA) is 39.2 Å². The van der Waals surface area contributed by atoms with Gasteiger partial charge in [0.2, 0.25) is 0 Å². The predicted octanol–water partition coefficient (Wildman–Crippen LogP) is 5.39. The lowest BCUT2D eigenvalue weighted by molar-refractivity contribution is 0.0528. The van der Waals surface area contributed by atoms with Gasteiger partial charge in [0.25, 0.3) is 0 Å². The third-order valence-corrected chi connectivity index (χ3v) is 4.17. The van der Waals surface area contributed by atoms with Gasteiger partial charge in [-0.1, -0.05) is 47.5 Å². The van der Waals surface area contributed by atoms with E-state index >= 15 is 0 Å². The molecular weight excluding hydrogens is 333 g/mol. The molecule has 0 spiro atoms. The maximum Gasteiger partial charge on any atom is 0.338 e. The SMILES string of the molecule is CCOC(=O)c1cc(-c2ccc(Cl)c(Cl)c2)nc2ccccc12. The van der Waals surface area contributed by atoms with Crippen LogP contribution < -0.4 is 0 Å². The first-order valence-electron chi connectivity index (χ1n) is 7.12. The van der Waals surface area contributed by atoms with Crippen molar-refractivity contribution < 1.29 is 9.53 Å².